The van der Waals surface area contributed by atoms with E-state index in [0.29, 0.717) is 0 Å². The van der Waals surface area contributed by atoms with Gasteiger partial charge in [-0.2, -0.15) is 11.3 Å². The maximum absolute atomic E-state index is 11.8. The minimum absolute atomic E-state index is 0.153. The number of amides is 2. The third-order valence-corrected chi connectivity index (χ3v) is 4.76. The molecule has 7 heteroatoms. The number of aryl methyl sites for hydroxylation is 1. The molecule has 2 aromatic heterocycles. The van der Waals surface area contributed by atoms with Gasteiger partial charge in [0.25, 0.3) is 0 Å². The smallest absolute Gasteiger partial charge is 0.315 e. The molecule has 0 saturated carbocycles. The largest absolute Gasteiger partial charge is 0.387 e. The van der Waals surface area contributed by atoms with Gasteiger partial charge in [-0.15, -0.1) is 11.3 Å². The fourth-order valence-corrected chi connectivity index (χ4v) is 3.33. The summed E-state index contributed by atoms with van der Waals surface area (Å²) in [6, 6.07) is 1.39. The molecule has 0 saturated heterocycles. The van der Waals surface area contributed by atoms with Crippen LogP contribution in [0, 0.1) is 0 Å². The summed E-state index contributed by atoms with van der Waals surface area (Å²) in [4.78, 5) is 16.3. The lowest BCUT2D eigenvalue weighted by Gasteiger charge is -2.14. The highest BCUT2D eigenvalue weighted by Gasteiger charge is 2.14. The van der Waals surface area contributed by atoms with Gasteiger partial charge in [-0.05, 0) is 35.7 Å². The van der Waals surface area contributed by atoms with Crippen molar-refractivity contribution in [1.82, 2.24) is 15.6 Å². The second-order valence-corrected chi connectivity index (χ2v) is 6.39. The number of aliphatic hydroxyl groups is 1. The van der Waals surface area contributed by atoms with Gasteiger partial charge in [0.2, 0.25) is 0 Å². The van der Waals surface area contributed by atoms with Crippen LogP contribution in [0.3, 0.4) is 0 Å². The van der Waals surface area contributed by atoms with Gasteiger partial charge in [0, 0.05) is 11.9 Å². The Hall–Kier alpha value is -1.44. The number of urea groups is 1. The molecule has 0 aliphatic carbocycles. The lowest BCUT2D eigenvalue weighted by atomic mass is 10.2. The molecule has 2 rings (SSSR count). The number of hydrogen-bond donors (Lipinski definition) is 3. The van der Waals surface area contributed by atoms with Crippen LogP contribution in [0.5, 0.6) is 0 Å². The van der Waals surface area contributed by atoms with Gasteiger partial charge in [-0.25, -0.2) is 9.78 Å². The molecule has 21 heavy (non-hydrogen) atoms. The van der Waals surface area contributed by atoms with Crippen LogP contribution < -0.4 is 10.6 Å². The Balaban J connectivity index is 1.78. The van der Waals surface area contributed by atoms with Crippen LogP contribution in [0.4, 0.5) is 4.79 Å². The molecular formula is C14H19N3O2S2. The molecule has 0 bridgehead atoms. The average molecular weight is 325 g/mol. The maximum Gasteiger partial charge on any atom is 0.315 e. The number of nitrogens with one attached hydrogen (secondary N) is 2. The molecule has 0 aromatic carbocycles. The van der Waals surface area contributed by atoms with Crippen LogP contribution in [0.1, 0.15) is 42.3 Å². The van der Waals surface area contributed by atoms with Crippen LogP contribution in [-0.4, -0.2) is 22.7 Å². The Morgan fingerprint density at radius 1 is 1.48 bits per heavy atom. The third-order valence-electron chi connectivity index (χ3n) is 3.05. The van der Waals surface area contributed by atoms with Crippen LogP contribution >= 0.6 is 22.7 Å². The van der Waals surface area contributed by atoms with Gasteiger partial charge >= 0.3 is 6.03 Å². The second-order valence-electron chi connectivity index (χ2n) is 4.67. The van der Waals surface area contributed by atoms with Crippen molar-refractivity contribution in [2.45, 2.75) is 32.4 Å². The van der Waals surface area contributed by atoms with Crippen molar-refractivity contribution in [3.63, 3.8) is 0 Å². The zero-order valence-electron chi connectivity index (χ0n) is 12.0. The summed E-state index contributed by atoms with van der Waals surface area (Å²) in [6.07, 6.45) is 0.222. The number of carbonyl (C=O) groups excluding carboxylic acids is 1. The van der Waals surface area contributed by atoms with E-state index < -0.39 is 6.10 Å². The molecule has 2 atom stereocenters. The molecule has 2 amide bonds. The van der Waals surface area contributed by atoms with Crippen LogP contribution in [0.15, 0.2) is 22.2 Å². The van der Waals surface area contributed by atoms with Crippen molar-refractivity contribution in [2.24, 2.45) is 0 Å². The number of aromatic nitrogens is 1. The van der Waals surface area contributed by atoms with Gasteiger partial charge in [0.1, 0.15) is 0 Å². The van der Waals surface area contributed by atoms with Crippen molar-refractivity contribution in [3.8, 4) is 0 Å². The molecule has 2 unspecified atom stereocenters. The van der Waals surface area contributed by atoms with E-state index in [1.54, 1.807) is 11.3 Å². The molecule has 2 heterocycles. The lowest BCUT2D eigenvalue weighted by molar-refractivity contribution is 0.173. The quantitative estimate of drug-likeness (QED) is 0.764. The summed E-state index contributed by atoms with van der Waals surface area (Å²) in [5.74, 6) is 0. The van der Waals surface area contributed by atoms with E-state index in [9.17, 15) is 9.90 Å². The molecule has 114 valence electrons. The number of aliphatic hydroxyl groups excluding tert-OH is 1. The predicted octanol–water partition coefficient (Wildman–Crippen LogP) is 2.86. The van der Waals surface area contributed by atoms with Crippen LogP contribution in [-0.2, 0) is 6.42 Å². The Kier molecular flexibility index (Phi) is 5.72. The fraction of sp³-hybridized carbons (Fsp3) is 0.429. The maximum atomic E-state index is 11.8. The standard InChI is InChI=1S/C14H19N3O2S2/c1-3-13-17-11(8-21-13)9(2)16-14(19)15-6-12(18)10-4-5-20-7-10/h4-5,7-9,12,18H,3,6H2,1-2H3,(H2,15,16,19). The zero-order chi connectivity index (χ0) is 15.2. The van der Waals surface area contributed by atoms with E-state index in [1.165, 1.54) is 11.3 Å². The number of thiophene rings is 1. The monoisotopic (exact) mass is 325 g/mol. The van der Waals surface area contributed by atoms with Crippen molar-refractivity contribution >= 4 is 28.7 Å². The number of rotatable bonds is 6. The first-order valence-corrected chi connectivity index (χ1v) is 8.61. The highest BCUT2D eigenvalue weighted by atomic mass is 32.1. The van der Waals surface area contributed by atoms with Crippen molar-refractivity contribution in [1.29, 1.82) is 0 Å². The first kappa shape index (κ1) is 15.9. The van der Waals surface area contributed by atoms with Crippen molar-refractivity contribution in [3.05, 3.63) is 38.5 Å². The summed E-state index contributed by atoms with van der Waals surface area (Å²) in [5.41, 5.74) is 1.69. The molecule has 0 aliphatic rings. The van der Waals surface area contributed by atoms with Crippen LogP contribution in [0.25, 0.3) is 0 Å². The first-order valence-electron chi connectivity index (χ1n) is 6.79. The third kappa shape index (κ3) is 4.52. The average Bonchev–Trinajstić information content (AvgIpc) is 3.15. The van der Waals surface area contributed by atoms with E-state index in [4.69, 9.17) is 0 Å². The number of thiazole rings is 1. The molecular weight excluding hydrogens is 306 g/mol. The van der Waals surface area contributed by atoms with E-state index in [-0.39, 0.29) is 18.6 Å². The number of carbonyl (C=O) groups is 1. The summed E-state index contributed by atoms with van der Waals surface area (Å²) in [7, 11) is 0. The van der Waals surface area contributed by atoms with E-state index in [2.05, 4.69) is 22.5 Å². The lowest BCUT2D eigenvalue weighted by Crippen LogP contribution is -2.39. The molecule has 2 aromatic rings. The normalized spacial score (nSPS) is 13.7. The van der Waals surface area contributed by atoms with Gasteiger partial charge in [0.05, 0.1) is 22.8 Å². The summed E-state index contributed by atoms with van der Waals surface area (Å²) < 4.78 is 0. The molecule has 0 radical (unpaired) electrons. The number of nitrogens with zero attached hydrogens (tertiary/aromatic N) is 1. The Labute approximate surface area is 132 Å². The Bertz CT molecular complexity index is 569. The first-order chi connectivity index (χ1) is 10.1. The van der Waals surface area contributed by atoms with Crippen molar-refractivity contribution < 1.29 is 9.90 Å². The summed E-state index contributed by atoms with van der Waals surface area (Å²) in [5, 5.41) is 22.2. The highest BCUT2D eigenvalue weighted by Crippen LogP contribution is 2.17. The highest BCUT2D eigenvalue weighted by molar-refractivity contribution is 7.09. The van der Waals surface area contributed by atoms with E-state index in [0.717, 1.165) is 22.7 Å². The van der Waals surface area contributed by atoms with Gasteiger partial charge in [-0.1, -0.05) is 6.92 Å². The fourth-order valence-electron chi connectivity index (χ4n) is 1.78. The molecule has 0 fully saturated rings. The molecule has 5 nitrogen and oxygen atoms in total. The van der Waals surface area contributed by atoms with Crippen LogP contribution in [0.2, 0.25) is 0 Å². The minimum Gasteiger partial charge on any atom is -0.387 e. The topological polar surface area (TPSA) is 74.2 Å². The van der Waals surface area contributed by atoms with Crippen molar-refractivity contribution in [2.75, 3.05) is 6.54 Å². The van der Waals surface area contributed by atoms with Gasteiger partial charge in [0.15, 0.2) is 0 Å². The van der Waals surface area contributed by atoms with Gasteiger partial charge < -0.3 is 15.7 Å². The summed E-state index contributed by atoms with van der Waals surface area (Å²) >= 11 is 3.12. The second kappa shape index (κ2) is 7.53. The Morgan fingerprint density at radius 3 is 2.90 bits per heavy atom. The molecule has 0 spiro atoms. The predicted molar refractivity (Wildman–Crippen MR) is 85.7 cm³/mol. The van der Waals surface area contributed by atoms with E-state index >= 15 is 0 Å². The van der Waals surface area contributed by atoms with Gasteiger partial charge in [-0.3, -0.25) is 0 Å². The molecule has 3 N–H and O–H groups in total. The number of hydrogen-bond acceptors (Lipinski definition) is 5. The molecule has 0 aliphatic heterocycles. The Morgan fingerprint density at radius 2 is 2.29 bits per heavy atom. The summed E-state index contributed by atoms with van der Waals surface area (Å²) in [6.45, 7) is 4.13. The SMILES string of the molecule is CCc1nc(C(C)NC(=O)NCC(O)c2ccsc2)cs1. The zero-order valence-corrected chi connectivity index (χ0v) is 13.6. The minimum atomic E-state index is -0.678. The van der Waals surface area contributed by atoms with E-state index in [1.807, 2.05) is 29.1 Å².